The maximum absolute atomic E-state index is 5.46. The van der Waals surface area contributed by atoms with Crippen LogP contribution < -0.4 is 4.74 Å². The maximum Gasteiger partial charge on any atom is 0.120 e. The van der Waals surface area contributed by atoms with Crippen LogP contribution in [0.2, 0.25) is 0 Å². The zero-order valence-electron chi connectivity index (χ0n) is 9.28. The fourth-order valence-corrected chi connectivity index (χ4v) is 2.42. The van der Waals surface area contributed by atoms with Gasteiger partial charge in [0, 0.05) is 5.92 Å². The van der Waals surface area contributed by atoms with Gasteiger partial charge in [-0.05, 0) is 25.1 Å². The van der Waals surface area contributed by atoms with Gasteiger partial charge < -0.3 is 4.74 Å². The third-order valence-electron chi connectivity index (χ3n) is 2.18. The van der Waals surface area contributed by atoms with Crippen molar-refractivity contribution in [1.29, 1.82) is 0 Å². The van der Waals surface area contributed by atoms with Crippen molar-refractivity contribution in [3.63, 3.8) is 0 Å². The van der Waals surface area contributed by atoms with Crippen LogP contribution in [-0.2, 0) is 0 Å². The van der Waals surface area contributed by atoms with Crippen LogP contribution in [0.15, 0.2) is 18.2 Å². The Hall–Kier alpha value is -1.09. The second-order valence-corrected chi connectivity index (χ2v) is 4.83. The van der Waals surface area contributed by atoms with Gasteiger partial charge in [0.1, 0.15) is 5.75 Å². The van der Waals surface area contributed by atoms with E-state index < -0.39 is 0 Å². The smallest absolute Gasteiger partial charge is 0.120 e. The summed E-state index contributed by atoms with van der Waals surface area (Å²) in [6, 6.07) is 6.08. The average molecular weight is 221 g/mol. The standard InChI is InChI=1S/C12H15NOS/c1-4-14-9-5-6-10-11(7-9)15-12(13-10)8(2)3/h5-8H,4H2,1-3H3. The van der Waals surface area contributed by atoms with E-state index in [4.69, 9.17) is 4.74 Å². The molecule has 0 spiro atoms. The number of hydrogen-bond donors (Lipinski definition) is 0. The summed E-state index contributed by atoms with van der Waals surface area (Å²) in [4.78, 5) is 4.58. The minimum absolute atomic E-state index is 0.498. The van der Waals surface area contributed by atoms with E-state index in [0.29, 0.717) is 12.5 Å². The van der Waals surface area contributed by atoms with E-state index in [-0.39, 0.29) is 0 Å². The molecule has 80 valence electrons. The fourth-order valence-electron chi connectivity index (χ4n) is 1.43. The molecule has 0 aliphatic carbocycles. The molecule has 15 heavy (non-hydrogen) atoms. The molecule has 0 radical (unpaired) electrons. The van der Waals surface area contributed by atoms with Gasteiger partial charge in [-0.2, -0.15) is 0 Å². The first kappa shape index (κ1) is 10.4. The summed E-state index contributed by atoms with van der Waals surface area (Å²) in [5, 5.41) is 1.19. The molecular weight excluding hydrogens is 206 g/mol. The van der Waals surface area contributed by atoms with Gasteiger partial charge in [0.05, 0.1) is 21.8 Å². The first-order chi connectivity index (χ1) is 7.20. The number of thiazole rings is 1. The van der Waals surface area contributed by atoms with Crippen molar-refractivity contribution in [1.82, 2.24) is 4.98 Å². The monoisotopic (exact) mass is 221 g/mol. The zero-order valence-corrected chi connectivity index (χ0v) is 10.1. The molecule has 0 saturated heterocycles. The summed E-state index contributed by atoms with van der Waals surface area (Å²) in [6.07, 6.45) is 0. The van der Waals surface area contributed by atoms with E-state index in [1.165, 1.54) is 9.71 Å². The Morgan fingerprint density at radius 2 is 2.20 bits per heavy atom. The molecule has 0 aliphatic heterocycles. The number of ether oxygens (including phenoxy) is 1. The van der Waals surface area contributed by atoms with Crippen molar-refractivity contribution in [3.8, 4) is 5.75 Å². The van der Waals surface area contributed by atoms with Gasteiger partial charge in [-0.15, -0.1) is 11.3 Å². The number of aromatic nitrogens is 1. The molecule has 0 N–H and O–H groups in total. The first-order valence-electron chi connectivity index (χ1n) is 5.24. The van der Waals surface area contributed by atoms with Crippen LogP contribution in [0, 0.1) is 0 Å². The molecule has 2 rings (SSSR count). The topological polar surface area (TPSA) is 22.1 Å². The van der Waals surface area contributed by atoms with Gasteiger partial charge in [0.2, 0.25) is 0 Å². The fraction of sp³-hybridized carbons (Fsp3) is 0.417. The molecule has 0 saturated carbocycles. The number of nitrogens with zero attached hydrogens (tertiary/aromatic N) is 1. The molecule has 0 aliphatic rings. The summed E-state index contributed by atoms with van der Waals surface area (Å²) in [5.41, 5.74) is 1.08. The molecular formula is C12H15NOS. The molecule has 1 aromatic carbocycles. The third kappa shape index (κ3) is 2.12. The molecule has 0 atom stereocenters. The number of hydrogen-bond acceptors (Lipinski definition) is 3. The number of fused-ring (bicyclic) bond motifs is 1. The Balaban J connectivity index is 2.43. The van der Waals surface area contributed by atoms with Gasteiger partial charge in [0.25, 0.3) is 0 Å². The van der Waals surface area contributed by atoms with Crippen LogP contribution in [0.25, 0.3) is 10.2 Å². The Labute approximate surface area is 93.9 Å². The molecule has 0 fully saturated rings. The van der Waals surface area contributed by atoms with E-state index in [1.807, 2.05) is 19.1 Å². The molecule has 1 heterocycles. The highest BCUT2D eigenvalue weighted by Crippen LogP contribution is 2.29. The van der Waals surface area contributed by atoms with Gasteiger partial charge in [0.15, 0.2) is 0 Å². The Morgan fingerprint density at radius 1 is 1.40 bits per heavy atom. The van der Waals surface area contributed by atoms with E-state index in [2.05, 4.69) is 24.9 Å². The molecule has 3 heteroatoms. The molecule has 0 bridgehead atoms. The Morgan fingerprint density at radius 3 is 2.87 bits per heavy atom. The lowest BCUT2D eigenvalue weighted by molar-refractivity contribution is 0.341. The lowest BCUT2D eigenvalue weighted by Crippen LogP contribution is -1.89. The van der Waals surface area contributed by atoms with E-state index >= 15 is 0 Å². The molecule has 2 aromatic rings. The van der Waals surface area contributed by atoms with Crippen molar-refractivity contribution in [2.45, 2.75) is 26.7 Å². The van der Waals surface area contributed by atoms with Crippen molar-refractivity contribution in [2.75, 3.05) is 6.61 Å². The van der Waals surface area contributed by atoms with Gasteiger partial charge in [-0.3, -0.25) is 0 Å². The average Bonchev–Trinajstić information content (AvgIpc) is 2.61. The second-order valence-electron chi connectivity index (χ2n) is 3.77. The van der Waals surface area contributed by atoms with E-state index in [9.17, 15) is 0 Å². The van der Waals surface area contributed by atoms with Gasteiger partial charge in [-0.1, -0.05) is 13.8 Å². The molecule has 1 aromatic heterocycles. The van der Waals surface area contributed by atoms with Crippen LogP contribution in [0.1, 0.15) is 31.7 Å². The third-order valence-corrected chi connectivity index (χ3v) is 3.50. The predicted octanol–water partition coefficient (Wildman–Crippen LogP) is 3.82. The Bertz CT molecular complexity index is 462. The molecule has 0 amide bonds. The minimum atomic E-state index is 0.498. The number of benzene rings is 1. The summed E-state index contributed by atoms with van der Waals surface area (Å²) >= 11 is 1.75. The summed E-state index contributed by atoms with van der Waals surface area (Å²) in [6.45, 7) is 7.04. The lowest BCUT2D eigenvalue weighted by Gasteiger charge is -2.00. The molecule has 0 unspecified atom stereocenters. The van der Waals surface area contributed by atoms with Crippen LogP contribution in [-0.4, -0.2) is 11.6 Å². The van der Waals surface area contributed by atoms with E-state index in [0.717, 1.165) is 11.3 Å². The molecule has 2 nitrogen and oxygen atoms in total. The highest BCUT2D eigenvalue weighted by molar-refractivity contribution is 7.18. The van der Waals surface area contributed by atoms with Gasteiger partial charge in [-0.25, -0.2) is 4.98 Å². The minimum Gasteiger partial charge on any atom is -0.494 e. The predicted molar refractivity (Wildman–Crippen MR) is 64.9 cm³/mol. The van der Waals surface area contributed by atoms with Gasteiger partial charge >= 0.3 is 0 Å². The highest BCUT2D eigenvalue weighted by atomic mass is 32.1. The first-order valence-corrected chi connectivity index (χ1v) is 6.05. The summed E-state index contributed by atoms with van der Waals surface area (Å²) in [7, 11) is 0. The SMILES string of the molecule is CCOc1ccc2nc(C(C)C)sc2c1. The van der Waals surface area contributed by atoms with Crippen LogP contribution >= 0.6 is 11.3 Å². The van der Waals surface area contributed by atoms with Crippen LogP contribution in [0.5, 0.6) is 5.75 Å². The van der Waals surface area contributed by atoms with E-state index in [1.54, 1.807) is 11.3 Å². The second kappa shape index (κ2) is 4.19. The summed E-state index contributed by atoms with van der Waals surface area (Å²) in [5.74, 6) is 1.43. The lowest BCUT2D eigenvalue weighted by atomic mass is 10.2. The van der Waals surface area contributed by atoms with Crippen molar-refractivity contribution < 1.29 is 4.74 Å². The zero-order chi connectivity index (χ0) is 10.8. The Kier molecular flexibility index (Phi) is 2.91. The number of rotatable bonds is 3. The largest absolute Gasteiger partial charge is 0.494 e. The normalized spacial score (nSPS) is 11.2. The highest BCUT2D eigenvalue weighted by Gasteiger charge is 2.07. The quantitative estimate of drug-likeness (QED) is 0.786. The van der Waals surface area contributed by atoms with Crippen molar-refractivity contribution >= 4 is 21.6 Å². The summed E-state index contributed by atoms with van der Waals surface area (Å²) < 4.78 is 6.68. The van der Waals surface area contributed by atoms with Crippen LogP contribution in [0.3, 0.4) is 0 Å². The van der Waals surface area contributed by atoms with Crippen molar-refractivity contribution in [3.05, 3.63) is 23.2 Å². The maximum atomic E-state index is 5.46. The van der Waals surface area contributed by atoms with Crippen molar-refractivity contribution in [2.24, 2.45) is 0 Å². The van der Waals surface area contributed by atoms with Crippen LogP contribution in [0.4, 0.5) is 0 Å².